The van der Waals surface area contributed by atoms with Gasteiger partial charge in [0.1, 0.15) is 5.82 Å². The summed E-state index contributed by atoms with van der Waals surface area (Å²) in [5.41, 5.74) is 2.56. The van der Waals surface area contributed by atoms with E-state index in [9.17, 15) is 9.59 Å². The molecule has 0 atom stereocenters. The molecule has 2 amide bonds. The first-order valence-electron chi connectivity index (χ1n) is 9.94. The van der Waals surface area contributed by atoms with Crippen molar-refractivity contribution in [3.8, 4) is 0 Å². The number of benzene rings is 3. The predicted octanol–water partition coefficient (Wildman–Crippen LogP) is 5.10. The van der Waals surface area contributed by atoms with Crippen LogP contribution >= 0.6 is 0 Å². The van der Waals surface area contributed by atoms with Gasteiger partial charge < -0.3 is 10.6 Å². The van der Waals surface area contributed by atoms with E-state index in [4.69, 9.17) is 0 Å². The Morgan fingerprint density at radius 3 is 1.84 bits per heavy atom. The summed E-state index contributed by atoms with van der Waals surface area (Å²) in [5.74, 6) is -0.615. The van der Waals surface area contributed by atoms with Crippen molar-refractivity contribution in [3.63, 3.8) is 0 Å². The zero-order valence-corrected chi connectivity index (χ0v) is 16.7. The highest BCUT2D eigenvalue weighted by Gasteiger charge is 2.24. The molecule has 5 nitrogen and oxygen atoms in total. The third-order valence-corrected chi connectivity index (χ3v) is 4.86. The molecule has 1 heterocycles. The molecule has 4 aromatic rings. The Kier molecular flexibility index (Phi) is 6.14. The minimum atomic E-state index is -0.505. The van der Waals surface area contributed by atoms with Gasteiger partial charge in [0.2, 0.25) is 5.91 Å². The van der Waals surface area contributed by atoms with Crippen molar-refractivity contribution < 1.29 is 9.59 Å². The van der Waals surface area contributed by atoms with Crippen LogP contribution in [0.2, 0.25) is 0 Å². The molecule has 0 saturated carbocycles. The van der Waals surface area contributed by atoms with Gasteiger partial charge in [0, 0.05) is 6.20 Å². The van der Waals surface area contributed by atoms with E-state index in [1.165, 1.54) is 0 Å². The maximum Gasteiger partial charge on any atom is 0.258 e. The number of amides is 2. The molecule has 0 fully saturated rings. The van der Waals surface area contributed by atoms with Crippen LogP contribution in [0.4, 0.5) is 11.5 Å². The molecular weight excluding hydrogens is 386 g/mol. The van der Waals surface area contributed by atoms with Crippen molar-refractivity contribution in [3.05, 3.63) is 126 Å². The Labute approximate surface area is 180 Å². The minimum Gasteiger partial charge on any atom is -0.325 e. The smallest absolute Gasteiger partial charge is 0.258 e. The lowest BCUT2D eigenvalue weighted by molar-refractivity contribution is -0.116. The topological polar surface area (TPSA) is 71.1 Å². The van der Waals surface area contributed by atoms with Gasteiger partial charge in [-0.1, -0.05) is 78.9 Å². The second-order valence-corrected chi connectivity index (χ2v) is 6.96. The zero-order chi connectivity index (χ0) is 21.5. The van der Waals surface area contributed by atoms with Gasteiger partial charge in [-0.05, 0) is 35.4 Å². The Bertz CT molecular complexity index is 1120. The lowest BCUT2D eigenvalue weighted by Gasteiger charge is -2.19. The number of anilines is 2. The molecule has 152 valence electrons. The van der Waals surface area contributed by atoms with Gasteiger partial charge >= 0.3 is 0 Å². The Hall–Kier alpha value is -4.25. The van der Waals surface area contributed by atoms with Crippen molar-refractivity contribution in [2.45, 2.75) is 5.92 Å². The highest BCUT2D eigenvalue weighted by atomic mass is 16.2. The summed E-state index contributed by atoms with van der Waals surface area (Å²) in [6.07, 6.45) is 1.60. The van der Waals surface area contributed by atoms with Gasteiger partial charge in [0.05, 0.1) is 17.2 Å². The highest BCUT2D eigenvalue weighted by Crippen LogP contribution is 2.27. The van der Waals surface area contributed by atoms with Gasteiger partial charge in [-0.3, -0.25) is 9.59 Å². The van der Waals surface area contributed by atoms with Crippen LogP contribution < -0.4 is 10.6 Å². The number of rotatable bonds is 6. The summed E-state index contributed by atoms with van der Waals surface area (Å²) in [6.45, 7) is 0. The third kappa shape index (κ3) is 4.85. The second-order valence-electron chi connectivity index (χ2n) is 6.96. The molecule has 0 saturated heterocycles. The Morgan fingerprint density at radius 2 is 1.23 bits per heavy atom. The molecule has 5 heteroatoms. The van der Waals surface area contributed by atoms with Crippen molar-refractivity contribution in [1.82, 2.24) is 4.98 Å². The van der Waals surface area contributed by atoms with Crippen LogP contribution in [0.5, 0.6) is 0 Å². The average Bonchev–Trinajstić information content (AvgIpc) is 2.81. The van der Waals surface area contributed by atoms with E-state index < -0.39 is 5.92 Å². The van der Waals surface area contributed by atoms with Crippen LogP contribution in [0.25, 0.3) is 0 Å². The van der Waals surface area contributed by atoms with Crippen LogP contribution in [0.1, 0.15) is 27.4 Å². The molecule has 0 aliphatic heterocycles. The molecule has 0 aliphatic carbocycles. The van der Waals surface area contributed by atoms with Crippen LogP contribution in [-0.2, 0) is 4.79 Å². The SMILES string of the molecule is O=C(Nc1ccccn1)c1ccccc1NC(=O)C(c1ccccc1)c1ccccc1. The van der Waals surface area contributed by atoms with E-state index in [0.29, 0.717) is 17.1 Å². The van der Waals surface area contributed by atoms with Crippen molar-refractivity contribution in [2.24, 2.45) is 0 Å². The van der Waals surface area contributed by atoms with E-state index >= 15 is 0 Å². The van der Waals surface area contributed by atoms with Gasteiger partial charge in [-0.2, -0.15) is 0 Å². The molecule has 3 aromatic carbocycles. The van der Waals surface area contributed by atoms with E-state index in [1.54, 1.807) is 48.7 Å². The number of hydrogen-bond acceptors (Lipinski definition) is 3. The summed E-state index contributed by atoms with van der Waals surface area (Å²) in [4.78, 5) is 30.3. The largest absolute Gasteiger partial charge is 0.325 e. The third-order valence-electron chi connectivity index (χ3n) is 4.86. The summed E-state index contributed by atoms with van der Waals surface area (Å²) >= 11 is 0. The number of carbonyl (C=O) groups is 2. The average molecular weight is 407 g/mol. The standard InChI is InChI=1S/C26H21N3O2/c30-25(29-23-17-9-10-18-27-23)21-15-7-8-16-22(21)28-26(31)24(19-11-3-1-4-12-19)20-13-5-2-6-14-20/h1-18,24H,(H,28,31)(H,27,29,30). The molecule has 31 heavy (non-hydrogen) atoms. The van der Waals surface area contributed by atoms with Gasteiger partial charge in [0.15, 0.2) is 0 Å². The Morgan fingerprint density at radius 1 is 0.645 bits per heavy atom. The predicted molar refractivity (Wildman–Crippen MR) is 122 cm³/mol. The minimum absolute atomic E-state index is 0.213. The van der Waals surface area contributed by atoms with E-state index in [2.05, 4.69) is 15.6 Å². The maximum absolute atomic E-state index is 13.4. The van der Waals surface area contributed by atoms with Gasteiger partial charge in [-0.25, -0.2) is 4.98 Å². The first-order chi connectivity index (χ1) is 15.2. The summed E-state index contributed by atoms with van der Waals surface area (Å²) < 4.78 is 0. The van der Waals surface area contributed by atoms with Crippen molar-refractivity contribution in [1.29, 1.82) is 0 Å². The molecule has 4 rings (SSSR count). The lowest BCUT2D eigenvalue weighted by atomic mass is 9.90. The molecule has 0 unspecified atom stereocenters. The molecule has 0 bridgehead atoms. The lowest BCUT2D eigenvalue weighted by Crippen LogP contribution is -2.24. The number of nitrogens with one attached hydrogen (secondary N) is 2. The molecular formula is C26H21N3O2. The fourth-order valence-corrected chi connectivity index (χ4v) is 3.40. The van der Waals surface area contributed by atoms with Crippen LogP contribution in [-0.4, -0.2) is 16.8 Å². The number of nitrogens with zero attached hydrogens (tertiary/aromatic N) is 1. The van der Waals surface area contributed by atoms with Crippen LogP contribution in [0.3, 0.4) is 0 Å². The maximum atomic E-state index is 13.4. The zero-order valence-electron chi connectivity index (χ0n) is 16.7. The fourth-order valence-electron chi connectivity index (χ4n) is 3.40. The van der Waals surface area contributed by atoms with E-state index in [-0.39, 0.29) is 11.8 Å². The Balaban J connectivity index is 1.62. The molecule has 1 aromatic heterocycles. The van der Waals surface area contributed by atoms with Crippen LogP contribution in [0.15, 0.2) is 109 Å². The van der Waals surface area contributed by atoms with Crippen molar-refractivity contribution >= 4 is 23.3 Å². The first-order valence-corrected chi connectivity index (χ1v) is 9.94. The van der Waals surface area contributed by atoms with Gasteiger partial charge in [-0.15, -0.1) is 0 Å². The number of carbonyl (C=O) groups excluding carboxylic acids is 2. The summed E-state index contributed by atoms with van der Waals surface area (Å²) in [6, 6.07) is 31.4. The second kappa shape index (κ2) is 9.50. The van der Waals surface area contributed by atoms with E-state index in [1.807, 2.05) is 60.7 Å². The van der Waals surface area contributed by atoms with E-state index in [0.717, 1.165) is 11.1 Å². The number of aromatic nitrogens is 1. The molecule has 2 N–H and O–H groups in total. The summed E-state index contributed by atoms with van der Waals surface area (Å²) in [7, 11) is 0. The quantitative estimate of drug-likeness (QED) is 0.467. The number of para-hydroxylation sites is 1. The normalized spacial score (nSPS) is 10.5. The highest BCUT2D eigenvalue weighted by molar-refractivity contribution is 6.10. The molecule has 0 radical (unpaired) electrons. The summed E-state index contributed by atoms with van der Waals surface area (Å²) in [5, 5.41) is 5.72. The fraction of sp³-hybridized carbons (Fsp3) is 0.0385. The first kappa shape index (κ1) is 20.0. The number of pyridine rings is 1. The van der Waals surface area contributed by atoms with Crippen molar-refractivity contribution in [2.75, 3.05) is 10.6 Å². The molecule has 0 spiro atoms. The monoisotopic (exact) mass is 407 g/mol. The number of hydrogen-bond donors (Lipinski definition) is 2. The van der Waals surface area contributed by atoms with Crippen LogP contribution in [0, 0.1) is 0 Å². The van der Waals surface area contributed by atoms with Gasteiger partial charge in [0.25, 0.3) is 5.91 Å². The molecule has 0 aliphatic rings.